The molecule has 1 aromatic rings. The average molecular weight is 241 g/mol. The van der Waals surface area contributed by atoms with Crippen LogP contribution < -0.4 is 0 Å². The number of nitrogens with zero attached hydrogens (tertiary/aromatic N) is 1. The first kappa shape index (κ1) is 13.2. The molecule has 0 atom stereocenters. The Labute approximate surface area is 101 Å². The highest BCUT2D eigenvalue weighted by molar-refractivity contribution is 7.07. The molecule has 0 unspecified atom stereocenters. The van der Waals surface area contributed by atoms with Crippen molar-refractivity contribution in [2.75, 3.05) is 20.3 Å². The highest BCUT2D eigenvalue weighted by Gasteiger charge is 2.16. The fourth-order valence-corrected chi connectivity index (χ4v) is 2.10. The van der Waals surface area contributed by atoms with E-state index < -0.39 is 0 Å². The smallest absolute Gasteiger partial charge is 0.225 e. The molecular weight excluding hydrogens is 222 g/mol. The summed E-state index contributed by atoms with van der Waals surface area (Å²) in [6, 6.07) is 2.05. The zero-order chi connectivity index (χ0) is 12.0. The first-order valence-electron chi connectivity index (χ1n) is 5.44. The van der Waals surface area contributed by atoms with Crippen LogP contribution in [0.15, 0.2) is 16.8 Å². The molecule has 0 saturated heterocycles. The molecule has 0 aliphatic heterocycles. The second-order valence-corrected chi connectivity index (χ2v) is 4.82. The van der Waals surface area contributed by atoms with E-state index in [1.54, 1.807) is 18.4 Å². The maximum atomic E-state index is 11.9. The molecule has 0 saturated carbocycles. The van der Waals surface area contributed by atoms with Gasteiger partial charge in [0.15, 0.2) is 0 Å². The molecule has 0 aromatic carbocycles. The van der Waals surface area contributed by atoms with Crippen LogP contribution in [0.3, 0.4) is 0 Å². The quantitative estimate of drug-likeness (QED) is 0.765. The standard InChI is InChI=1S/C12H19NO2S/c1-10(2)12(14)13(5-6-15-3)8-11-4-7-16-9-11/h4,7,9-10H,5-6,8H2,1-3H3. The SMILES string of the molecule is COCCN(Cc1ccsc1)C(=O)C(C)C. The number of carbonyl (C=O) groups is 1. The molecule has 0 aliphatic carbocycles. The highest BCUT2D eigenvalue weighted by Crippen LogP contribution is 2.11. The third kappa shape index (κ3) is 3.94. The maximum absolute atomic E-state index is 11.9. The predicted octanol–water partition coefficient (Wildman–Crippen LogP) is 2.38. The maximum Gasteiger partial charge on any atom is 0.225 e. The van der Waals surface area contributed by atoms with E-state index in [-0.39, 0.29) is 11.8 Å². The van der Waals surface area contributed by atoms with Crippen LogP contribution in [0.1, 0.15) is 19.4 Å². The van der Waals surface area contributed by atoms with Crippen molar-refractivity contribution in [3.63, 3.8) is 0 Å². The first-order valence-corrected chi connectivity index (χ1v) is 6.38. The molecule has 3 nitrogen and oxygen atoms in total. The van der Waals surface area contributed by atoms with E-state index in [9.17, 15) is 4.79 Å². The van der Waals surface area contributed by atoms with Gasteiger partial charge in [-0.2, -0.15) is 11.3 Å². The lowest BCUT2D eigenvalue weighted by molar-refractivity contribution is -0.135. The zero-order valence-electron chi connectivity index (χ0n) is 10.1. The minimum Gasteiger partial charge on any atom is -0.383 e. The lowest BCUT2D eigenvalue weighted by atomic mass is 10.2. The number of hydrogen-bond donors (Lipinski definition) is 0. The summed E-state index contributed by atoms with van der Waals surface area (Å²) >= 11 is 1.66. The van der Waals surface area contributed by atoms with E-state index in [1.807, 2.05) is 24.1 Å². The molecule has 90 valence electrons. The zero-order valence-corrected chi connectivity index (χ0v) is 10.9. The van der Waals surface area contributed by atoms with Crippen LogP contribution in [0.5, 0.6) is 0 Å². The Balaban J connectivity index is 2.60. The van der Waals surface area contributed by atoms with Crippen molar-refractivity contribution in [3.05, 3.63) is 22.4 Å². The molecule has 0 aliphatic rings. The summed E-state index contributed by atoms with van der Waals surface area (Å²) < 4.78 is 5.03. The topological polar surface area (TPSA) is 29.5 Å². The van der Waals surface area contributed by atoms with Crippen molar-refractivity contribution in [2.45, 2.75) is 20.4 Å². The lowest BCUT2D eigenvalue weighted by Gasteiger charge is -2.23. The Morgan fingerprint density at radius 2 is 2.31 bits per heavy atom. The van der Waals surface area contributed by atoms with Crippen molar-refractivity contribution < 1.29 is 9.53 Å². The van der Waals surface area contributed by atoms with Crippen molar-refractivity contribution in [2.24, 2.45) is 5.92 Å². The van der Waals surface area contributed by atoms with Crippen LogP contribution in [0.4, 0.5) is 0 Å². The Bertz CT molecular complexity index is 309. The Hall–Kier alpha value is -0.870. The Kier molecular flexibility index (Phi) is 5.49. The summed E-state index contributed by atoms with van der Waals surface area (Å²) in [5, 5.41) is 4.11. The summed E-state index contributed by atoms with van der Waals surface area (Å²) in [5.41, 5.74) is 1.19. The van der Waals surface area contributed by atoms with Gasteiger partial charge in [-0.25, -0.2) is 0 Å². The van der Waals surface area contributed by atoms with Gasteiger partial charge in [0, 0.05) is 26.1 Å². The van der Waals surface area contributed by atoms with Gasteiger partial charge in [0.05, 0.1) is 6.61 Å². The number of hydrogen-bond acceptors (Lipinski definition) is 3. The molecule has 0 radical (unpaired) electrons. The van der Waals surface area contributed by atoms with Gasteiger partial charge in [0.1, 0.15) is 0 Å². The third-order valence-electron chi connectivity index (χ3n) is 2.32. The summed E-state index contributed by atoms with van der Waals surface area (Å²) in [5.74, 6) is 0.221. The highest BCUT2D eigenvalue weighted by atomic mass is 32.1. The molecule has 1 aromatic heterocycles. The van der Waals surface area contributed by atoms with E-state index in [1.165, 1.54) is 5.56 Å². The van der Waals surface area contributed by atoms with E-state index in [0.29, 0.717) is 19.7 Å². The molecule has 0 spiro atoms. The summed E-state index contributed by atoms with van der Waals surface area (Å²) in [6.07, 6.45) is 0. The number of amides is 1. The van der Waals surface area contributed by atoms with Crippen LogP contribution in [0.2, 0.25) is 0 Å². The normalized spacial score (nSPS) is 10.8. The molecule has 0 fully saturated rings. The minimum atomic E-state index is 0.0375. The van der Waals surface area contributed by atoms with Crippen LogP contribution in [0.25, 0.3) is 0 Å². The van der Waals surface area contributed by atoms with Crippen molar-refractivity contribution >= 4 is 17.2 Å². The van der Waals surface area contributed by atoms with Gasteiger partial charge in [-0.15, -0.1) is 0 Å². The summed E-state index contributed by atoms with van der Waals surface area (Å²) in [7, 11) is 1.66. The van der Waals surface area contributed by atoms with E-state index in [0.717, 1.165) is 0 Å². The van der Waals surface area contributed by atoms with Crippen LogP contribution in [0, 0.1) is 5.92 Å². The number of carbonyl (C=O) groups excluding carboxylic acids is 1. The second-order valence-electron chi connectivity index (χ2n) is 4.04. The molecule has 1 amide bonds. The van der Waals surface area contributed by atoms with E-state index in [4.69, 9.17) is 4.74 Å². The lowest BCUT2D eigenvalue weighted by Crippen LogP contribution is -2.36. The summed E-state index contributed by atoms with van der Waals surface area (Å²) in [6.45, 7) is 5.78. The number of methoxy groups -OCH3 is 1. The minimum absolute atomic E-state index is 0.0375. The van der Waals surface area contributed by atoms with Crippen LogP contribution in [-0.4, -0.2) is 31.1 Å². The number of ether oxygens (including phenoxy) is 1. The monoisotopic (exact) mass is 241 g/mol. The largest absolute Gasteiger partial charge is 0.383 e. The van der Waals surface area contributed by atoms with Crippen molar-refractivity contribution in [1.29, 1.82) is 0 Å². The van der Waals surface area contributed by atoms with Gasteiger partial charge in [-0.05, 0) is 22.4 Å². The molecule has 4 heteroatoms. The molecule has 0 bridgehead atoms. The van der Waals surface area contributed by atoms with Gasteiger partial charge in [0.2, 0.25) is 5.91 Å². The molecular formula is C12H19NO2S. The predicted molar refractivity (Wildman–Crippen MR) is 66.5 cm³/mol. The van der Waals surface area contributed by atoms with Gasteiger partial charge in [-0.3, -0.25) is 4.79 Å². The molecule has 0 N–H and O–H groups in total. The van der Waals surface area contributed by atoms with Crippen LogP contribution in [-0.2, 0) is 16.1 Å². The number of rotatable bonds is 6. The average Bonchev–Trinajstić information content (AvgIpc) is 2.75. The molecule has 1 rings (SSSR count). The van der Waals surface area contributed by atoms with Gasteiger partial charge in [-0.1, -0.05) is 13.8 Å². The van der Waals surface area contributed by atoms with Crippen molar-refractivity contribution in [1.82, 2.24) is 4.90 Å². The molecule has 16 heavy (non-hydrogen) atoms. The Morgan fingerprint density at radius 3 is 2.81 bits per heavy atom. The van der Waals surface area contributed by atoms with Gasteiger partial charge < -0.3 is 9.64 Å². The fraction of sp³-hybridized carbons (Fsp3) is 0.583. The first-order chi connectivity index (χ1) is 7.65. The van der Waals surface area contributed by atoms with E-state index in [2.05, 4.69) is 11.4 Å². The number of thiophene rings is 1. The van der Waals surface area contributed by atoms with E-state index >= 15 is 0 Å². The molecule has 1 heterocycles. The fourth-order valence-electron chi connectivity index (χ4n) is 1.44. The second kappa shape index (κ2) is 6.66. The van der Waals surface area contributed by atoms with Crippen molar-refractivity contribution in [3.8, 4) is 0 Å². The summed E-state index contributed by atoms with van der Waals surface area (Å²) in [4.78, 5) is 13.8. The third-order valence-corrected chi connectivity index (χ3v) is 3.06. The van der Waals surface area contributed by atoms with Gasteiger partial charge >= 0.3 is 0 Å². The van der Waals surface area contributed by atoms with Crippen LogP contribution >= 0.6 is 11.3 Å². The Morgan fingerprint density at radius 1 is 1.56 bits per heavy atom. The van der Waals surface area contributed by atoms with Gasteiger partial charge in [0.25, 0.3) is 0 Å².